The SMILES string of the molecule is COC(=O)C1=C(C(=O)OC)N2C=CC=CC2(/C(C)=C/c2ccccc2)C(C(=O)OC)=C1C(=O)OC. The van der Waals surface area contributed by atoms with E-state index in [1.165, 1.54) is 11.1 Å². The lowest BCUT2D eigenvalue weighted by Gasteiger charge is -2.48. The second-order valence-electron chi connectivity index (χ2n) is 7.51. The first-order valence-corrected chi connectivity index (χ1v) is 10.5. The zero-order valence-electron chi connectivity index (χ0n) is 20.0. The monoisotopic (exact) mass is 479 g/mol. The van der Waals surface area contributed by atoms with Crippen molar-refractivity contribution in [2.24, 2.45) is 0 Å². The molecule has 0 aromatic heterocycles. The number of ether oxygens (including phenoxy) is 4. The highest BCUT2D eigenvalue weighted by Gasteiger charge is 2.55. The van der Waals surface area contributed by atoms with E-state index in [4.69, 9.17) is 18.9 Å². The van der Waals surface area contributed by atoms with Crippen molar-refractivity contribution in [1.29, 1.82) is 0 Å². The van der Waals surface area contributed by atoms with Gasteiger partial charge in [0.1, 0.15) is 16.8 Å². The Morgan fingerprint density at radius 2 is 1.34 bits per heavy atom. The smallest absolute Gasteiger partial charge is 0.355 e. The van der Waals surface area contributed by atoms with Crippen molar-refractivity contribution in [2.45, 2.75) is 12.5 Å². The van der Waals surface area contributed by atoms with Crippen molar-refractivity contribution < 1.29 is 38.1 Å². The van der Waals surface area contributed by atoms with Gasteiger partial charge in [-0.05, 0) is 30.2 Å². The van der Waals surface area contributed by atoms with E-state index in [9.17, 15) is 19.2 Å². The maximum atomic E-state index is 13.3. The van der Waals surface area contributed by atoms with Crippen LogP contribution in [0.3, 0.4) is 0 Å². The molecule has 2 aliphatic heterocycles. The molecule has 0 saturated carbocycles. The highest BCUT2D eigenvalue weighted by atomic mass is 16.5. The number of esters is 4. The maximum absolute atomic E-state index is 13.3. The van der Waals surface area contributed by atoms with Crippen LogP contribution in [0.15, 0.2) is 82.7 Å². The number of hydrogen-bond donors (Lipinski definition) is 0. The molecule has 3 rings (SSSR count). The number of benzene rings is 1. The summed E-state index contributed by atoms with van der Waals surface area (Å²) < 4.78 is 19.9. The fraction of sp³-hybridized carbons (Fsp3) is 0.231. The Bertz CT molecular complexity index is 1220. The molecule has 1 atom stereocenters. The Hall–Kier alpha value is -4.40. The summed E-state index contributed by atoms with van der Waals surface area (Å²) >= 11 is 0. The molecule has 1 aromatic rings. The van der Waals surface area contributed by atoms with E-state index in [0.29, 0.717) is 5.57 Å². The number of fused-ring (bicyclic) bond motifs is 1. The number of carbonyl (C=O) groups is 4. The number of allylic oxidation sites excluding steroid dienone is 2. The lowest BCUT2D eigenvalue weighted by molar-refractivity contribution is -0.143. The van der Waals surface area contributed by atoms with E-state index >= 15 is 0 Å². The first-order chi connectivity index (χ1) is 16.8. The van der Waals surface area contributed by atoms with E-state index in [2.05, 4.69) is 0 Å². The highest BCUT2D eigenvalue weighted by Crippen LogP contribution is 2.48. The molecule has 0 N–H and O–H groups in total. The molecule has 0 bridgehead atoms. The molecule has 2 heterocycles. The summed E-state index contributed by atoms with van der Waals surface area (Å²) in [6, 6.07) is 9.26. The summed E-state index contributed by atoms with van der Waals surface area (Å²) in [6.07, 6.45) is 8.22. The third-order valence-electron chi connectivity index (χ3n) is 5.75. The van der Waals surface area contributed by atoms with Crippen molar-refractivity contribution in [1.82, 2.24) is 4.90 Å². The van der Waals surface area contributed by atoms with Gasteiger partial charge in [-0.15, -0.1) is 0 Å². The van der Waals surface area contributed by atoms with Crippen molar-refractivity contribution >= 4 is 30.0 Å². The molecule has 9 heteroatoms. The maximum Gasteiger partial charge on any atom is 0.355 e. The van der Waals surface area contributed by atoms with Crippen molar-refractivity contribution in [3.63, 3.8) is 0 Å². The number of rotatable bonds is 6. The van der Waals surface area contributed by atoms with Crippen molar-refractivity contribution in [3.05, 3.63) is 88.3 Å². The third-order valence-corrected chi connectivity index (χ3v) is 5.75. The molecule has 35 heavy (non-hydrogen) atoms. The van der Waals surface area contributed by atoms with Gasteiger partial charge in [0.15, 0.2) is 0 Å². The average Bonchev–Trinajstić information content (AvgIpc) is 2.90. The van der Waals surface area contributed by atoms with Crippen LogP contribution in [-0.4, -0.2) is 62.8 Å². The molecule has 2 aliphatic rings. The van der Waals surface area contributed by atoms with Crippen LogP contribution in [0.1, 0.15) is 12.5 Å². The molecular formula is C26H25NO8. The van der Waals surface area contributed by atoms with Crippen LogP contribution in [0.25, 0.3) is 6.08 Å². The van der Waals surface area contributed by atoms with Gasteiger partial charge in [0.05, 0.1) is 39.6 Å². The van der Waals surface area contributed by atoms with Crippen molar-refractivity contribution in [3.8, 4) is 0 Å². The standard InChI is InChI=1S/C26H25NO8/c1-16(15-17-11-7-6-8-12-17)26-13-9-10-14-27(26)21(25(31)35-5)19(23(29)33-3)18(22(28)32-2)20(26)24(30)34-4/h6-15H,1-5H3/b16-15+. The van der Waals surface area contributed by atoms with Crippen LogP contribution in [-0.2, 0) is 38.1 Å². The molecule has 0 radical (unpaired) electrons. The summed E-state index contributed by atoms with van der Waals surface area (Å²) in [5.74, 6) is -3.89. The molecule has 9 nitrogen and oxygen atoms in total. The molecule has 0 spiro atoms. The molecule has 182 valence electrons. The number of nitrogens with zero attached hydrogens (tertiary/aromatic N) is 1. The summed E-state index contributed by atoms with van der Waals surface area (Å²) in [4.78, 5) is 53.9. The molecular weight excluding hydrogens is 454 g/mol. The summed E-state index contributed by atoms with van der Waals surface area (Å²) in [6.45, 7) is 1.74. The van der Waals surface area contributed by atoms with Gasteiger partial charge in [0.25, 0.3) is 0 Å². The molecule has 0 fully saturated rings. The van der Waals surface area contributed by atoms with Crippen LogP contribution in [0.4, 0.5) is 0 Å². The molecule has 0 saturated heterocycles. The quantitative estimate of drug-likeness (QED) is 0.449. The number of hydrogen-bond acceptors (Lipinski definition) is 9. The summed E-state index contributed by atoms with van der Waals surface area (Å²) in [5.41, 5.74) is -1.65. The molecule has 0 aliphatic carbocycles. The van der Waals surface area contributed by atoms with Gasteiger partial charge in [-0.1, -0.05) is 42.5 Å². The van der Waals surface area contributed by atoms with Crippen LogP contribution in [0, 0.1) is 0 Å². The predicted octanol–water partition coefficient (Wildman–Crippen LogP) is 2.47. The second kappa shape index (κ2) is 10.3. The van der Waals surface area contributed by atoms with Gasteiger partial charge in [0.2, 0.25) is 0 Å². The van der Waals surface area contributed by atoms with Crippen LogP contribution in [0.5, 0.6) is 0 Å². The molecule has 1 aromatic carbocycles. The van der Waals surface area contributed by atoms with E-state index < -0.39 is 40.6 Å². The fourth-order valence-corrected chi connectivity index (χ4v) is 4.23. The molecule has 1 unspecified atom stereocenters. The summed E-state index contributed by atoms with van der Waals surface area (Å²) in [7, 11) is 4.47. The Morgan fingerprint density at radius 1 is 0.771 bits per heavy atom. The van der Waals surface area contributed by atoms with Crippen molar-refractivity contribution in [2.75, 3.05) is 28.4 Å². The number of methoxy groups -OCH3 is 4. The normalized spacial score (nSPS) is 19.2. The second-order valence-corrected chi connectivity index (χ2v) is 7.51. The lowest BCUT2D eigenvalue weighted by Crippen LogP contribution is -2.55. The van der Waals surface area contributed by atoms with E-state index in [-0.39, 0.29) is 11.3 Å². The van der Waals surface area contributed by atoms with Gasteiger partial charge in [-0.3, -0.25) is 0 Å². The van der Waals surface area contributed by atoms with Gasteiger partial charge in [0, 0.05) is 6.20 Å². The Labute approximate surface area is 202 Å². The first-order valence-electron chi connectivity index (χ1n) is 10.5. The van der Waals surface area contributed by atoms with E-state index in [1.807, 2.05) is 30.3 Å². The minimum absolute atomic E-state index is 0.217. The third kappa shape index (κ3) is 4.16. The largest absolute Gasteiger partial charge is 0.466 e. The first kappa shape index (κ1) is 25.2. The van der Waals surface area contributed by atoms with E-state index in [0.717, 1.165) is 34.0 Å². The minimum atomic E-state index is -1.54. The van der Waals surface area contributed by atoms with Gasteiger partial charge in [-0.25, -0.2) is 19.2 Å². The molecule has 0 amide bonds. The van der Waals surface area contributed by atoms with Crippen LogP contribution >= 0.6 is 0 Å². The van der Waals surface area contributed by atoms with Crippen LogP contribution in [0.2, 0.25) is 0 Å². The zero-order chi connectivity index (χ0) is 25.8. The van der Waals surface area contributed by atoms with Crippen LogP contribution < -0.4 is 0 Å². The average molecular weight is 479 g/mol. The number of carbonyl (C=O) groups excluding carboxylic acids is 4. The fourth-order valence-electron chi connectivity index (χ4n) is 4.23. The predicted molar refractivity (Wildman–Crippen MR) is 125 cm³/mol. The highest BCUT2D eigenvalue weighted by molar-refractivity contribution is 6.17. The Morgan fingerprint density at radius 3 is 1.91 bits per heavy atom. The zero-order valence-corrected chi connectivity index (χ0v) is 20.0. The van der Waals surface area contributed by atoms with Gasteiger partial charge in [-0.2, -0.15) is 0 Å². The lowest BCUT2D eigenvalue weighted by atomic mass is 9.72. The van der Waals surface area contributed by atoms with E-state index in [1.54, 1.807) is 31.2 Å². The topological polar surface area (TPSA) is 108 Å². The van der Waals surface area contributed by atoms with Gasteiger partial charge >= 0.3 is 23.9 Å². The van der Waals surface area contributed by atoms with Gasteiger partial charge < -0.3 is 23.8 Å². The minimum Gasteiger partial charge on any atom is -0.466 e. The Kier molecular flexibility index (Phi) is 7.39. The summed E-state index contributed by atoms with van der Waals surface area (Å²) in [5, 5.41) is 0. The Balaban J connectivity index is 2.55.